The number of anilines is 3. The van der Waals surface area contributed by atoms with Crippen LogP contribution >= 0.6 is 0 Å². The number of nitrogens with one attached hydrogen (secondary N) is 4. The van der Waals surface area contributed by atoms with Crippen molar-refractivity contribution in [2.45, 2.75) is 13.1 Å². The van der Waals surface area contributed by atoms with E-state index >= 15 is 0 Å². The maximum Gasteiger partial charge on any atom is 0.323 e. The number of hydrogen-bond acceptors (Lipinski definition) is 3. The molecule has 4 amide bonds. The molecule has 3 aromatic carbocycles. The Labute approximate surface area is 182 Å². The van der Waals surface area contributed by atoms with Gasteiger partial charge in [-0.3, -0.25) is 0 Å². The lowest BCUT2D eigenvalue weighted by Crippen LogP contribution is -2.28. The number of benzene rings is 3. The minimum Gasteiger partial charge on any atom is -0.334 e. The van der Waals surface area contributed by atoms with E-state index in [-0.39, 0.29) is 12.1 Å². The first-order valence-electron chi connectivity index (χ1n) is 9.98. The molecule has 0 fully saturated rings. The van der Waals surface area contributed by atoms with Crippen molar-refractivity contribution in [1.29, 1.82) is 0 Å². The van der Waals surface area contributed by atoms with Crippen LogP contribution in [-0.4, -0.2) is 31.1 Å². The van der Waals surface area contributed by atoms with Crippen molar-refractivity contribution in [3.63, 3.8) is 0 Å². The maximum atomic E-state index is 12.2. The number of nitrogens with zero attached hydrogens (tertiary/aromatic N) is 1. The average molecular weight is 418 g/mol. The summed E-state index contributed by atoms with van der Waals surface area (Å²) in [4.78, 5) is 26.5. The first kappa shape index (κ1) is 21.9. The van der Waals surface area contributed by atoms with Gasteiger partial charge in [0, 0.05) is 30.2 Å². The Morgan fingerprint density at radius 1 is 0.677 bits per heavy atom. The molecule has 0 spiro atoms. The van der Waals surface area contributed by atoms with Crippen LogP contribution in [0.4, 0.5) is 26.7 Å². The first-order chi connectivity index (χ1) is 15.0. The molecule has 0 aliphatic heterocycles. The predicted molar refractivity (Wildman–Crippen MR) is 125 cm³/mol. The quantitative estimate of drug-likeness (QED) is 0.449. The zero-order chi connectivity index (χ0) is 22.1. The van der Waals surface area contributed by atoms with Crippen molar-refractivity contribution in [2.75, 3.05) is 30.0 Å². The highest BCUT2D eigenvalue weighted by Crippen LogP contribution is 2.16. The fraction of sp³-hybridized carbons (Fsp3) is 0.167. The number of carbonyl (C=O) groups is 2. The van der Waals surface area contributed by atoms with Crippen molar-refractivity contribution in [2.24, 2.45) is 0 Å². The fourth-order valence-corrected chi connectivity index (χ4v) is 2.97. The average Bonchev–Trinajstić information content (AvgIpc) is 2.74. The van der Waals surface area contributed by atoms with Crippen LogP contribution in [0, 0.1) is 0 Å². The van der Waals surface area contributed by atoms with Crippen LogP contribution in [0.5, 0.6) is 0 Å². The van der Waals surface area contributed by atoms with Gasteiger partial charge in [0.1, 0.15) is 0 Å². The third-order valence-corrected chi connectivity index (χ3v) is 4.38. The number of rotatable bonds is 7. The molecule has 0 radical (unpaired) electrons. The molecule has 31 heavy (non-hydrogen) atoms. The summed E-state index contributed by atoms with van der Waals surface area (Å²) >= 11 is 0. The first-order valence-corrected chi connectivity index (χ1v) is 9.98. The van der Waals surface area contributed by atoms with Gasteiger partial charge in [0.05, 0.1) is 0 Å². The molecule has 3 aromatic rings. The molecule has 4 N–H and O–H groups in total. The molecule has 0 heterocycles. The van der Waals surface area contributed by atoms with Crippen LogP contribution in [0.1, 0.15) is 11.1 Å². The molecular weight excluding hydrogens is 390 g/mol. The van der Waals surface area contributed by atoms with Gasteiger partial charge in [0.2, 0.25) is 0 Å². The Morgan fingerprint density at radius 2 is 1.23 bits per heavy atom. The van der Waals surface area contributed by atoms with Gasteiger partial charge in [-0.25, -0.2) is 9.59 Å². The Balaban J connectivity index is 1.48. The summed E-state index contributed by atoms with van der Waals surface area (Å²) in [7, 11) is 4.06. The normalized spacial score (nSPS) is 10.4. The van der Waals surface area contributed by atoms with E-state index in [9.17, 15) is 9.59 Å². The van der Waals surface area contributed by atoms with Gasteiger partial charge in [-0.1, -0.05) is 48.5 Å². The van der Waals surface area contributed by atoms with Gasteiger partial charge in [0.25, 0.3) is 0 Å². The van der Waals surface area contributed by atoms with Gasteiger partial charge in [-0.15, -0.1) is 0 Å². The second kappa shape index (κ2) is 10.8. The molecule has 0 saturated heterocycles. The summed E-state index contributed by atoms with van der Waals surface area (Å²) in [5.74, 6) is 0. The van der Waals surface area contributed by atoms with Gasteiger partial charge >= 0.3 is 12.1 Å². The highest BCUT2D eigenvalue weighted by atomic mass is 16.2. The summed E-state index contributed by atoms with van der Waals surface area (Å²) in [5.41, 5.74) is 4.09. The minimum atomic E-state index is -0.356. The third-order valence-electron chi connectivity index (χ3n) is 4.38. The number of urea groups is 2. The Hall–Kier alpha value is -3.84. The highest BCUT2D eigenvalue weighted by Gasteiger charge is 2.06. The fourth-order valence-electron chi connectivity index (χ4n) is 2.97. The molecule has 0 bridgehead atoms. The van der Waals surface area contributed by atoms with Crippen LogP contribution in [0.25, 0.3) is 0 Å². The van der Waals surface area contributed by atoms with E-state index in [1.54, 1.807) is 36.4 Å². The molecule has 0 aliphatic rings. The molecular formula is C24H27N5O2. The predicted octanol–water partition coefficient (Wildman–Crippen LogP) is 4.71. The SMILES string of the molecule is CN(C)Cc1ccc(CNC(=O)Nc2cccc(NC(=O)Nc3ccccc3)c2)cc1. The maximum absolute atomic E-state index is 12.2. The van der Waals surface area contributed by atoms with Gasteiger partial charge in [-0.05, 0) is 55.6 Å². The molecule has 0 aliphatic carbocycles. The topological polar surface area (TPSA) is 85.5 Å². The Morgan fingerprint density at radius 3 is 1.87 bits per heavy atom. The lowest BCUT2D eigenvalue weighted by molar-refractivity contribution is 0.251. The number of carbonyl (C=O) groups excluding carboxylic acids is 2. The molecule has 160 valence electrons. The van der Waals surface area contributed by atoms with Gasteiger partial charge < -0.3 is 26.2 Å². The zero-order valence-corrected chi connectivity index (χ0v) is 17.7. The Kier molecular flexibility index (Phi) is 7.61. The van der Waals surface area contributed by atoms with Gasteiger partial charge in [-0.2, -0.15) is 0 Å². The Bertz CT molecular complexity index is 1000. The van der Waals surface area contributed by atoms with Gasteiger partial charge in [0.15, 0.2) is 0 Å². The molecule has 0 aromatic heterocycles. The van der Waals surface area contributed by atoms with E-state index in [1.165, 1.54) is 5.56 Å². The molecule has 7 heteroatoms. The monoisotopic (exact) mass is 417 g/mol. The number of para-hydroxylation sites is 1. The van der Waals surface area contributed by atoms with E-state index in [1.807, 2.05) is 44.4 Å². The van der Waals surface area contributed by atoms with Crippen LogP contribution in [0.15, 0.2) is 78.9 Å². The molecule has 7 nitrogen and oxygen atoms in total. The molecule has 0 saturated carbocycles. The standard InChI is InChI=1S/C24H27N5O2/c1-29(2)17-19-13-11-18(12-14-19)16-25-23(30)27-21-9-6-10-22(15-21)28-24(31)26-20-7-4-3-5-8-20/h3-15H,16-17H2,1-2H3,(H2,25,27,30)(H2,26,28,31). The summed E-state index contributed by atoms with van der Waals surface area (Å²) in [5, 5.41) is 11.1. The third kappa shape index (κ3) is 7.49. The summed E-state index contributed by atoms with van der Waals surface area (Å²) in [6.07, 6.45) is 0. The van der Waals surface area contributed by atoms with Crippen molar-refractivity contribution >= 4 is 29.1 Å². The lowest BCUT2D eigenvalue weighted by Gasteiger charge is -2.12. The summed E-state index contributed by atoms with van der Waals surface area (Å²) < 4.78 is 0. The second-order valence-electron chi connectivity index (χ2n) is 7.39. The van der Waals surface area contributed by atoms with E-state index in [0.29, 0.717) is 23.6 Å². The van der Waals surface area contributed by atoms with Crippen molar-refractivity contribution < 1.29 is 9.59 Å². The van der Waals surface area contributed by atoms with E-state index < -0.39 is 0 Å². The highest BCUT2D eigenvalue weighted by molar-refractivity contribution is 6.00. The number of amides is 4. The van der Waals surface area contributed by atoms with E-state index in [0.717, 1.165) is 12.1 Å². The van der Waals surface area contributed by atoms with E-state index in [4.69, 9.17) is 0 Å². The van der Waals surface area contributed by atoms with Crippen LogP contribution < -0.4 is 21.3 Å². The minimum absolute atomic E-state index is 0.316. The molecule has 0 unspecified atom stereocenters. The molecule has 3 rings (SSSR count). The van der Waals surface area contributed by atoms with Crippen LogP contribution in [0.2, 0.25) is 0 Å². The van der Waals surface area contributed by atoms with Crippen LogP contribution in [0.3, 0.4) is 0 Å². The van der Waals surface area contributed by atoms with Crippen molar-refractivity contribution in [1.82, 2.24) is 10.2 Å². The summed E-state index contributed by atoms with van der Waals surface area (Å²) in [6, 6.07) is 23.6. The van der Waals surface area contributed by atoms with Crippen molar-refractivity contribution in [3.05, 3.63) is 90.0 Å². The van der Waals surface area contributed by atoms with E-state index in [2.05, 4.69) is 38.3 Å². The zero-order valence-electron chi connectivity index (χ0n) is 17.7. The second-order valence-corrected chi connectivity index (χ2v) is 7.39. The van der Waals surface area contributed by atoms with Crippen molar-refractivity contribution in [3.8, 4) is 0 Å². The lowest BCUT2D eigenvalue weighted by atomic mass is 10.1. The largest absolute Gasteiger partial charge is 0.334 e. The summed E-state index contributed by atoms with van der Waals surface area (Å²) in [6.45, 7) is 1.30. The number of hydrogen-bond donors (Lipinski definition) is 4. The van der Waals surface area contributed by atoms with Crippen LogP contribution in [-0.2, 0) is 13.1 Å². The molecule has 0 atom stereocenters. The smallest absolute Gasteiger partial charge is 0.323 e.